The highest BCUT2D eigenvalue weighted by atomic mass is 32.1. The molecule has 6 heteroatoms. The predicted octanol–water partition coefficient (Wildman–Crippen LogP) is 3.03. The third-order valence-corrected chi connectivity index (χ3v) is 4.61. The van der Waals surface area contributed by atoms with E-state index in [1.54, 1.807) is 17.3 Å². The van der Waals surface area contributed by atoms with Crippen molar-refractivity contribution in [2.75, 3.05) is 20.1 Å². The largest absolute Gasteiger partial charge is 0.358 e. The maximum atomic E-state index is 12.7. The Kier molecular flexibility index (Phi) is 6.09. The number of thiazole rings is 1. The first-order chi connectivity index (χ1) is 11.5. The molecule has 0 aliphatic carbocycles. The highest BCUT2D eigenvalue weighted by Gasteiger charge is 2.21. The summed E-state index contributed by atoms with van der Waals surface area (Å²) in [6, 6.07) is 6.18. The van der Waals surface area contributed by atoms with Crippen LogP contribution in [0.1, 0.15) is 35.0 Å². The van der Waals surface area contributed by atoms with Crippen molar-refractivity contribution in [3.8, 4) is 10.6 Å². The van der Waals surface area contributed by atoms with Crippen LogP contribution >= 0.6 is 11.3 Å². The number of carbonyl (C=O) groups is 2. The first-order valence-electron chi connectivity index (χ1n) is 7.99. The van der Waals surface area contributed by atoms with Gasteiger partial charge in [0.15, 0.2) is 0 Å². The number of nitrogens with one attached hydrogen (secondary N) is 1. The van der Waals surface area contributed by atoms with Gasteiger partial charge in [0.25, 0.3) is 5.91 Å². The van der Waals surface area contributed by atoms with Crippen LogP contribution in [0.4, 0.5) is 0 Å². The molecule has 0 saturated heterocycles. The Bertz CT molecular complexity index is 740. The van der Waals surface area contributed by atoms with Gasteiger partial charge in [-0.05, 0) is 25.8 Å². The summed E-state index contributed by atoms with van der Waals surface area (Å²) < 4.78 is 0. The molecular formula is C18H23N3O2S. The van der Waals surface area contributed by atoms with Crippen LogP contribution in [0, 0.1) is 13.8 Å². The summed E-state index contributed by atoms with van der Waals surface area (Å²) in [6.45, 7) is 6.66. The van der Waals surface area contributed by atoms with E-state index in [2.05, 4.69) is 23.3 Å². The summed E-state index contributed by atoms with van der Waals surface area (Å²) in [5.41, 5.74) is 3.77. The van der Waals surface area contributed by atoms with Crippen LogP contribution in [0.25, 0.3) is 10.6 Å². The lowest BCUT2D eigenvalue weighted by Gasteiger charge is -2.20. The summed E-state index contributed by atoms with van der Waals surface area (Å²) >= 11 is 1.45. The van der Waals surface area contributed by atoms with E-state index in [0.717, 1.165) is 22.6 Å². The molecule has 5 nitrogen and oxygen atoms in total. The molecule has 0 radical (unpaired) electrons. The van der Waals surface area contributed by atoms with Gasteiger partial charge in [0.2, 0.25) is 5.91 Å². The van der Waals surface area contributed by atoms with Crippen molar-refractivity contribution in [2.24, 2.45) is 0 Å². The molecule has 0 bridgehead atoms. The van der Waals surface area contributed by atoms with Crippen LogP contribution in [0.15, 0.2) is 23.6 Å². The highest BCUT2D eigenvalue weighted by molar-refractivity contribution is 7.13. The molecule has 0 saturated carbocycles. The average molecular weight is 345 g/mol. The number of aromatic nitrogens is 1. The van der Waals surface area contributed by atoms with Crippen molar-refractivity contribution in [1.82, 2.24) is 15.2 Å². The molecule has 0 aliphatic heterocycles. The Morgan fingerprint density at radius 1 is 1.29 bits per heavy atom. The van der Waals surface area contributed by atoms with E-state index in [1.165, 1.54) is 16.9 Å². The zero-order valence-electron chi connectivity index (χ0n) is 14.5. The van der Waals surface area contributed by atoms with Crippen molar-refractivity contribution in [1.29, 1.82) is 0 Å². The fourth-order valence-electron chi connectivity index (χ4n) is 2.49. The van der Waals surface area contributed by atoms with Crippen LogP contribution in [-0.2, 0) is 4.79 Å². The molecule has 0 unspecified atom stereocenters. The van der Waals surface area contributed by atoms with E-state index in [9.17, 15) is 9.59 Å². The van der Waals surface area contributed by atoms with E-state index < -0.39 is 0 Å². The maximum absolute atomic E-state index is 12.7. The quantitative estimate of drug-likeness (QED) is 0.875. The van der Waals surface area contributed by atoms with Crippen LogP contribution < -0.4 is 5.32 Å². The Balaban J connectivity index is 2.24. The summed E-state index contributed by atoms with van der Waals surface area (Å²) in [5.74, 6) is -0.380. The molecule has 128 valence electrons. The monoisotopic (exact) mass is 345 g/mol. The predicted molar refractivity (Wildman–Crippen MR) is 97.3 cm³/mol. The van der Waals surface area contributed by atoms with Crippen LogP contribution in [0.5, 0.6) is 0 Å². The number of hydrogen-bond donors (Lipinski definition) is 1. The Hall–Kier alpha value is -2.21. The zero-order chi connectivity index (χ0) is 17.7. The number of carbonyl (C=O) groups excluding carboxylic acids is 2. The Labute approximate surface area is 146 Å². The second-order valence-electron chi connectivity index (χ2n) is 5.76. The summed E-state index contributed by atoms with van der Waals surface area (Å²) in [4.78, 5) is 30.3. The number of nitrogens with zero attached hydrogens (tertiary/aromatic N) is 2. The molecule has 0 spiro atoms. The van der Waals surface area contributed by atoms with E-state index in [0.29, 0.717) is 12.2 Å². The second-order valence-corrected chi connectivity index (χ2v) is 6.61. The van der Waals surface area contributed by atoms with Crippen LogP contribution in [0.3, 0.4) is 0 Å². The maximum Gasteiger partial charge on any atom is 0.273 e. The summed E-state index contributed by atoms with van der Waals surface area (Å²) in [7, 11) is 1.57. The van der Waals surface area contributed by atoms with Gasteiger partial charge in [-0.2, -0.15) is 0 Å². The Morgan fingerprint density at radius 3 is 2.67 bits per heavy atom. The average Bonchev–Trinajstić information content (AvgIpc) is 3.03. The van der Waals surface area contributed by atoms with Gasteiger partial charge in [0, 0.05) is 24.5 Å². The second kappa shape index (κ2) is 8.06. The highest BCUT2D eigenvalue weighted by Crippen LogP contribution is 2.27. The SMILES string of the molecule is CCCN(CC(=O)NC)C(=O)c1csc(-c2ccc(C)cc2C)n1. The minimum atomic E-state index is -0.201. The molecule has 1 aromatic heterocycles. The molecular weight excluding hydrogens is 322 g/mol. The van der Waals surface area contributed by atoms with Gasteiger partial charge >= 0.3 is 0 Å². The number of hydrogen-bond acceptors (Lipinski definition) is 4. The summed E-state index contributed by atoms with van der Waals surface area (Å²) in [5, 5.41) is 5.15. The Morgan fingerprint density at radius 2 is 2.04 bits per heavy atom. The van der Waals surface area contributed by atoms with Crippen molar-refractivity contribution < 1.29 is 9.59 Å². The van der Waals surface area contributed by atoms with Gasteiger partial charge in [-0.15, -0.1) is 11.3 Å². The smallest absolute Gasteiger partial charge is 0.273 e. The molecule has 2 amide bonds. The molecule has 1 heterocycles. The number of benzene rings is 1. The molecule has 1 N–H and O–H groups in total. The lowest BCUT2D eigenvalue weighted by atomic mass is 10.1. The lowest BCUT2D eigenvalue weighted by molar-refractivity contribution is -0.121. The number of aryl methyl sites for hydroxylation is 2. The standard InChI is InChI=1S/C18H23N3O2S/c1-5-8-21(10-16(22)19-4)18(23)15-11-24-17(20-15)14-7-6-12(2)9-13(14)3/h6-7,9,11H,5,8,10H2,1-4H3,(H,19,22). The van der Waals surface area contributed by atoms with Gasteiger partial charge in [-0.25, -0.2) is 4.98 Å². The molecule has 24 heavy (non-hydrogen) atoms. The zero-order valence-corrected chi connectivity index (χ0v) is 15.4. The molecule has 2 rings (SSSR count). The lowest BCUT2D eigenvalue weighted by Crippen LogP contribution is -2.40. The van der Waals surface area contributed by atoms with Gasteiger partial charge in [0.05, 0.1) is 6.54 Å². The van der Waals surface area contributed by atoms with E-state index in [4.69, 9.17) is 0 Å². The molecule has 1 aromatic carbocycles. The molecule has 2 aromatic rings. The number of rotatable bonds is 6. The first kappa shape index (κ1) is 18.1. The minimum absolute atomic E-state index is 0.0552. The van der Waals surface area contributed by atoms with Crippen molar-refractivity contribution in [2.45, 2.75) is 27.2 Å². The third-order valence-electron chi connectivity index (χ3n) is 3.73. The number of likely N-dealkylation sites (N-methyl/N-ethyl adjacent to an activating group) is 1. The normalized spacial score (nSPS) is 10.5. The first-order valence-corrected chi connectivity index (χ1v) is 8.87. The van der Waals surface area contributed by atoms with E-state index >= 15 is 0 Å². The van der Waals surface area contributed by atoms with Gasteiger partial charge in [0.1, 0.15) is 10.7 Å². The van der Waals surface area contributed by atoms with Crippen molar-refractivity contribution in [3.63, 3.8) is 0 Å². The topological polar surface area (TPSA) is 62.3 Å². The summed E-state index contributed by atoms with van der Waals surface area (Å²) in [6.07, 6.45) is 0.788. The third kappa shape index (κ3) is 4.20. The van der Waals surface area contributed by atoms with Crippen LogP contribution in [0.2, 0.25) is 0 Å². The van der Waals surface area contributed by atoms with E-state index in [-0.39, 0.29) is 18.4 Å². The van der Waals surface area contributed by atoms with Gasteiger partial charge in [-0.3, -0.25) is 9.59 Å². The van der Waals surface area contributed by atoms with Gasteiger partial charge < -0.3 is 10.2 Å². The fraction of sp³-hybridized carbons (Fsp3) is 0.389. The van der Waals surface area contributed by atoms with Gasteiger partial charge in [-0.1, -0.05) is 30.7 Å². The van der Waals surface area contributed by atoms with E-state index in [1.807, 2.05) is 26.0 Å². The minimum Gasteiger partial charge on any atom is -0.358 e. The van der Waals surface area contributed by atoms with Crippen LogP contribution in [-0.4, -0.2) is 41.8 Å². The van der Waals surface area contributed by atoms with Crippen molar-refractivity contribution >= 4 is 23.2 Å². The number of amides is 2. The molecule has 0 fully saturated rings. The fourth-order valence-corrected chi connectivity index (χ4v) is 3.37. The molecule has 0 atom stereocenters. The molecule has 0 aliphatic rings. The van der Waals surface area contributed by atoms with Crippen molar-refractivity contribution in [3.05, 3.63) is 40.4 Å².